The summed E-state index contributed by atoms with van der Waals surface area (Å²) in [4.78, 5) is 14.4. The molecule has 0 aliphatic rings. The molecule has 0 spiro atoms. The fraction of sp³-hybridized carbons (Fsp3) is 0. The van der Waals surface area contributed by atoms with Crippen LogP contribution in [0.1, 0.15) is 8.22 Å². The van der Waals surface area contributed by atoms with Crippen LogP contribution in [0, 0.1) is 0 Å². The molecule has 5 heteroatoms. The van der Waals surface area contributed by atoms with Gasteiger partial charge in [-0.1, -0.05) is 121 Å². The Bertz CT molecular complexity index is 2850. The van der Waals surface area contributed by atoms with E-state index in [4.69, 9.17) is 17.7 Å². The van der Waals surface area contributed by atoms with E-state index in [2.05, 4.69) is 17.5 Å². The van der Waals surface area contributed by atoms with Gasteiger partial charge in [-0.05, 0) is 46.3 Å². The van der Waals surface area contributed by atoms with E-state index in [0.29, 0.717) is 32.0 Å². The van der Waals surface area contributed by atoms with Crippen LogP contribution >= 0.6 is 22.7 Å². The zero-order chi connectivity index (χ0) is 35.7. The first kappa shape index (κ1) is 21.3. The average Bonchev–Trinajstić information content (AvgIpc) is 3.81. The summed E-state index contributed by atoms with van der Waals surface area (Å²) < 4.78 is 56.7. The quantitative estimate of drug-likeness (QED) is 0.190. The van der Waals surface area contributed by atoms with E-state index in [0.717, 1.165) is 33.6 Å². The monoisotopic (exact) mass is 629 g/mol. The number of thiophene rings is 2. The van der Waals surface area contributed by atoms with Crippen molar-refractivity contribution in [3.8, 4) is 56.4 Å². The average molecular weight is 630 g/mol. The molecule has 216 valence electrons. The maximum Gasteiger partial charge on any atom is 0.164 e. The summed E-state index contributed by atoms with van der Waals surface area (Å²) in [7, 11) is 0. The molecule has 6 aromatic carbocycles. The predicted octanol–water partition coefficient (Wildman–Crippen LogP) is 11.8. The first-order valence-electron chi connectivity index (χ1n) is 17.7. The van der Waals surface area contributed by atoms with Gasteiger partial charge >= 0.3 is 0 Å². The minimum absolute atomic E-state index is 0.00112. The zero-order valence-electron chi connectivity index (χ0n) is 30.1. The lowest BCUT2D eigenvalue weighted by Gasteiger charge is -2.09. The van der Waals surface area contributed by atoms with Gasteiger partial charge in [0, 0.05) is 52.5 Å². The van der Waals surface area contributed by atoms with Crippen molar-refractivity contribution in [2.24, 2.45) is 0 Å². The second kappa shape index (κ2) is 11.1. The highest BCUT2D eigenvalue weighted by atomic mass is 32.1. The number of fused-ring (bicyclic) bond motifs is 4. The number of hydrogen-bond donors (Lipinski definition) is 0. The Labute approximate surface area is 282 Å². The molecule has 0 fully saturated rings. The lowest BCUT2D eigenvalue weighted by atomic mass is 10.0. The Balaban J connectivity index is 1.24. The molecule has 0 unspecified atom stereocenters. The van der Waals surface area contributed by atoms with Gasteiger partial charge in [0.05, 0.1) is 8.22 Å². The molecule has 0 bridgehead atoms. The van der Waals surface area contributed by atoms with Gasteiger partial charge in [-0.3, -0.25) is 0 Å². The van der Waals surface area contributed by atoms with Gasteiger partial charge in [-0.15, -0.1) is 22.7 Å². The third kappa shape index (κ3) is 4.78. The Morgan fingerprint density at radius 3 is 1.78 bits per heavy atom. The number of hydrogen-bond acceptors (Lipinski definition) is 5. The van der Waals surface area contributed by atoms with E-state index in [1.165, 1.54) is 10.1 Å². The van der Waals surface area contributed by atoms with Crippen molar-refractivity contribution in [1.29, 1.82) is 0 Å². The van der Waals surface area contributed by atoms with Gasteiger partial charge in [0.15, 0.2) is 17.5 Å². The van der Waals surface area contributed by atoms with Crippen LogP contribution in [-0.4, -0.2) is 15.0 Å². The maximum absolute atomic E-state index is 9.42. The van der Waals surface area contributed by atoms with Crippen molar-refractivity contribution < 1.29 is 8.22 Å². The van der Waals surface area contributed by atoms with E-state index < -0.39 is 0 Å². The molecule has 46 heavy (non-hydrogen) atoms. The largest absolute Gasteiger partial charge is 0.208 e. The highest BCUT2D eigenvalue weighted by Crippen LogP contribution is 2.39. The second-order valence-corrected chi connectivity index (χ2v) is 12.7. The molecule has 3 aromatic heterocycles. The molecule has 9 aromatic rings. The number of rotatable bonds is 5. The molecule has 0 aliphatic heterocycles. The van der Waals surface area contributed by atoms with Crippen molar-refractivity contribution in [1.82, 2.24) is 15.0 Å². The van der Waals surface area contributed by atoms with Gasteiger partial charge in [0.1, 0.15) is 0 Å². The molecular weight excluding hydrogens is 599 g/mol. The van der Waals surface area contributed by atoms with Crippen LogP contribution in [0.5, 0.6) is 0 Å². The van der Waals surface area contributed by atoms with E-state index in [-0.39, 0.29) is 58.6 Å². The van der Waals surface area contributed by atoms with Crippen molar-refractivity contribution in [2.75, 3.05) is 0 Å². The zero-order valence-corrected chi connectivity index (χ0v) is 25.8. The van der Waals surface area contributed by atoms with Gasteiger partial charge in [0.25, 0.3) is 0 Å². The summed E-state index contributed by atoms with van der Waals surface area (Å²) in [6, 6.07) is 34.1. The van der Waals surface area contributed by atoms with Crippen molar-refractivity contribution in [3.63, 3.8) is 0 Å². The van der Waals surface area contributed by atoms with Gasteiger partial charge in [-0.25, -0.2) is 15.0 Å². The van der Waals surface area contributed by atoms with Gasteiger partial charge < -0.3 is 0 Å². The summed E-state index contributed by atoms with van der Waals surface area (Å²) in [6.07, 6.45) is 0. The topological polar surface area (TPSA) is 38.7 Å². The first-order valence-corrected chi connectivity index (χ1v) is 16.4. The molecule has 0 N–H and O–H groups in total. The molecular formula is C41H25N3S2. The lowest BCUT2D eigenvalue weighted by Crippen LogP contribution is -2.00. The highest BCUT2D eigenvalue weighted by Gasteiger charge is 2.15. The first-order chi connectivity index (χ1) is 25.3. The predicted molar refractivity (Wildman–Crippen MR) is 195 cm³/mol. The van der Waals surface area contributed by atoms with Crippen LogP contribution < -0.4 is 0 Å². The Morgan fingerprint density at radius 1 is 0.413 bits per heavy atom. The summed E-state index contributed by atoms with van der Waals surface area (Å²) >= 11 is 2.80. The summed E-state index contributed by atoms with van der Waals surface area (Å²) in [5.74, 6) is 0.812. The van der Waals surface area contributed by atoms with Crippen LogP contribution in [0.25, 0.3) is 86.7 Å². The molecule has 0 saturated carbocycles. The molecule has 0 atom stereocenters. The van der Waals surface area contributed by atoms with Crippen LogP contribution in [0.15, 0.2) is 151 Å². The minimum Gasteiger partial charge on any atom is -0.208 e. The van der Waals surface area contributed by atoms with E-state index in [1.807, 2.05) is 84.9 Å². The number of aromatic nitrogens is 3. The van der Waals surface area contributed by atoms with Crippen molar-refractivity contribution in [2.45, 2.75) is 0 Å². The van der Waals surface area contributed by atoms with E-state index in [9.17, 15) is 5.48 Å². The SMILES string of the molecule is [2H]c1c(-c2ccccc2)c([2H])c2c(sc3c([2H])c(-c4nc(-c5ccccc5)nc(-c5ccc(-c6csc7ccccc67)cc5)n4)c([2H])c([2H])c32)c1[2H]. The summed E-state index contributed by atoms with van der Waals surface area (Å²) in [5, 5.41) is 3.90. The number of benzene rings is 6. The van der Waals surface area contributed by atoms with Crippen molar-refractivity contribution in [3.05, 3.63) is 151 Å². The Morgan fingerprint density at radius 2 is 1.02 bits per heavy atom. The van der Waals surface area contributed by atoms with Crippen molar-refractivity contribution >= 4 is 52.9 Å². The summed E-state index contributed by atoms with van der Waals surface area (Å²) in [5.41, 5.74) is 4.64. The van der Waals surface area contributed by atoms with E-state index >= 15 is 0 Å². The Hall–Kier alpha value is -5.49. The fourth-order valence-corrected chi connectivity index (χ4v) is 7.52. The van der Waals surface area contributed by atoms with E-state index in [1.54, 1.807) is 23.5 Å². The highest BCUT2D eigenvalue weighted by molar-refractivity contribution is 7.25. The third-order valence-electron chi connectivity index (χ3n) is 7.90. The smallest absolute Gasteiger partial charge is 0.164 e. The Kier molecular flexibility index (Phi) is 5.16. The summed E-state index contributed by atoms with van der Waals surface area (Å²) in [6.45, 7) is 0. The molecule has 3 heterocycles. The van der Waals surface area contributed by atoms with Gasteiger partial charge in [0.2, 0.25) is 0 Å². The normalized spacial score (nSPS) is 13.3. The maximum atomic E-state index is 9.42. The molecule has 0 aliphatic carbocycles. The number of nitrogens with zero attached hydrogens (tertiary/aromatic N) is 3. The van der Waals surface area contributed by atoms with Gasteiger partial charge in [-0.2, -0.15) is 0 Å². The standard InChI is InChI=1S/C41H25N3S2/c1-3-9-26(10-4-1)30-20-22-37-34(23-30)33-21-19-31(24-38(33)46-37)41-43-39(28-11-5-2-6-12-28)42-40(44-41)29-17-15-27(16-18-29)35-25-45-36-14-8-7-13-32(35)36/h1-25H/i19D,20D,21D,22D,23D,24D. The third-order valence-corrected chi connectivity index (χ3v) is 9.88. The fourth-order valence-electron chi connectivity index (χ4n) is 5.59. The molecule has 9 rings (SSSR count). The van der Waals surface area contributed by atoms with Crippen LogP contribution in [0.3, 0.4) is 0 Å². The minimum atomic E-state index is -0.254. The molecule has 3 nitrogen and oxygen atoms in total. The van der Waals surface area contributed by atoms with Crippen LogP contribution in [-0.2, 0) is 0 Å². The lowest BCUT2D eigenvalue weighted by molar-refractivity contribution is 1.07. The second-order valence-electron chi connectivity index (χ2n) is 10.8. The van der Waals surface area contributed by atoms with Crippen LogP contribution in [0.4, 0.5) is 0 Å². The molecule has 0 amide bonds. The van der Waals surface area contributed by atoms with Crippen LogP contribution in [0.2, 0.25) is 0 Å². The molecule has 0 saturated heterocycles. The molecule has 0 radical (unpaired) electrons.